The zero-order valence-corrected chi connectivity index (χ0v) is 10.8. The predicted molar refractivity (Wildman–Crippen MR) is 61.6 cm³/mol. The number of rotatable bonds is 6. The van der Waals surface area contributed by atoms with E-state index in [1.54, 1.807) is 0 Å². The molecule has 21 heavy (non-hydrogen) atoms. The van der Waals surface area contributed by atoms with E-state index in [1.165, 1.54) is 0 Å². The van der Waals surface area contributed by atoms with Crippen molar-refractivity contribution in [2.45, 2.75) is 17.2 Å². The highest BCUT2D eigenvalue weighted by molar-refractivity contribution is 7.87. The molecular formula is C9H8F4N2O5S. The molecule has 0 heterocycles. The van der Waals surface area contributed by atoms with Gasteiger partial charge in [0.1, 0.15) is 11.5 Å². The predicted octanol–water partition coefficient (Wildman–Crippen LogP) is 1.78. The van der Waals surface area contributed by atoms with Crippen molar-refractivity contribution in [2.24, 2.45) is 0 Å². The van der Waals surface area contributed by atoms with Crippen molar-refractivity contribution in [3.05, 3.63) is 28.3 Å². The molecule has 1 aromatic carbocycles. The first-order chi connectivity index (χ1) is 9.47. The molecule has 0 unspecified atom stereocenters. The van der Waals surface area contributed by atoms with Gasteiger partial charge in [0.25, 0.3) is 15.8 Å². The first-order valence-electron chi connectivity index (χ1n) is 5.06. The molecule has 0 aliphatic carbocycles. The van der Waals surface area contributed by atoms with Crippen LogP contribution in [-0.4, -0.2) is 32.3 Å². The van der Waals surface area contributed by atoms with E-state index in [0.717, 1.165) is 12.1 Å². The Balaban J connectivity index is 3.09. The number of alkyl halides is 4. The summed E-state index contributed by atoms with van der Waals surface area (Å²) in [6, 6.07) is 2.20. The summed E-state index contributed by atoms with van der Waals surface area (Å²) in [5, 5.41) is 10.5. The third-order valence-corrected chi connectivity index (χ3v) is 3.52. The van der Waals surface area contributed by atoms with Crippen LogP contribution in [0.2, 0.25) is 0 Å². The molecule has 0 fully saturated rings. The van der Waals surface area contributed by atoms with Gasteiger partial charge in [0.05, 0.1) is 10.6 Å². The van der Waals surface area contributed by atoms with Gasteiger partial charge >= 0.3 is 12.3 Å². The van der Waals surface area contributed by atoms with Crippen LogP contribution in [0.3, 0.4) is 0 Å². The minimum Gasteiger partial charge on any atom is -0.398 e. The molecule has 0 saturated heterocycles. The van der Waals surface area contributed by atoms with Gasteiger partial charge in [-0.2, -0.15) is 17.2 Å². The number of nitrogens with two attached hydrogens (primary N) is 1. The van der Waals surface area contributed by atoms with Crippen LogP contribution >= 0.6 is 0 Å². The van der Waals surface area contributed by atoms with Crippen LogP contribution in [0.4, 0.5) is 28.9 Å². The second kappa shape index (κ2) is 5.81. The van der Waals surface area contributed by atoms with E-state index >= 15 is 0 Å². The first kappa shape index (κ1) is 17.1. The molecule has 0 atom stereocenters. The zero-order chi connectivity index (χ0) is 16.4. The standard InChI is InChI=1S/C9H8F4N2O5S/c10-8(11)9(12,13)4-20-21(18,19)7-3-5(15(16)17)1-2-6(7)14/h1-3,8H,4,14H2. The molecular weight excluding hydrogens is 324 g/mol. The smallest absolute Gasteiger partial charge is 0.331 e. The molecule has 0 aliphatic heterocycles. The normalized spacial score (nSPS) is 12.6. The van der Waals surface area contributed by atoms with Gasteiger partial charge in [0, 0.05) is 12.1 Å². The second-order valence-electron chi connectivity index (χ2n) is 3.76. The molecule has 0 bridgehead atoms. The number of anilines is 1. The zero-order valence-electron chi connectivity index (χ0n) is 10.0. The molecule has 12 heteroatoms. The number of nitrogen functional groups attached to an aromatic ring is 1. The number of non-ortho nitro benzene ring substituents is 1. The summed E-state index contributed by atoms with van der Waals surface area (Å²) in [6.07, 6.45) is -4.13. The third kappa shape index (κ3) is 4.01. The summed E-state index contributed by atoms with van der Waals surface area (Å²) >= 11 is 0. The lowest BCUT2D eigenvalue weighted by Crippen LogP contribution is -2.33. The van der Waals surface area contributed by atoms with Crippen LogP contribution in [0, 0.1) is 10.1 Å². The minimum absolute atomic E-state index is 0.477. The van der Waals surface area contributed by atoms with E-state index < -0.39 is 50.3 Å². The van der Waals surface area contributed by atoms with Gasteiger partial charge in [-0.05, 0) is 6.07 Å². The van der Waals surface area contributed by atoms with Gasteiger partial charge in [-0.15, -0.1) is 0 Å². The van der Waals surface area contributed by atoms with E-state index in [4.69, 9.17) is 5.73 Å². The Morgan fingerprint density at radius 1 is 1.38 bits per heavy atom. The molecule has 7 nitrogen and oxygen atoms in total. The van der Waals surface area contributed by atoms with Gasteiger partial charge in [0.15, 0.2) is 0 Å². The number of nitro benzene ring substituents is 1. The molecule has 1 rings (SSSR count). The van der Waals surface area contributed by atoms with Gasteiger partial charge < -0.3 is 5.73 Å². The summed E-state index contributed by atoms with van der Waals surface area (Å²) in [6.45, 7) is -2.12. The van der Waals surface area contributed by atoms with Crippen molar-refractivity contribution in [3.63, 3.8) is 0 Å². The molecule has 0 saturated carbocycles. The van der Waals surface area contributed by atoms with Crippen LogP contribution in [0.25, 0.3) is 0 Å². The quantitative estimate of drug-likeness (QED) is 0.279. The highest BCUT2D eigenvalue weighted by Gasteiger charge is 2.43. The molecule has 0 spiro atoms. The fourth-order valence-corrected chi connectivity index (χ4v) is 2.20. The van der Waals surface area contributed by atoms with Crippen molar-refractivity contribution in [3.8, 4) is 0 Å². The fourth-order valence-electron chi connectivity index (χ4n) is 1.14. The maximum atomic E-state index is 12.6. The van der Waals surface area contributed by atoms with E-state index in [0.29, 0.717) is 6.07 Å². The van der Waals surface area contributed by atoms with Crippen molar-refractivity contribution in [1.82, 2.24) is 0 Å². The highest BCUT2D eigenvalue weighted by Crippen LogP contribution is 2.28. The van der Waals surface area contributed by atoms with Gasteiger partial charge in [-0.25, -0.2) is 8.78 Å². The molecule has 0 aliphatic rings. The fraction of sp³-hybridized carbons (Fsp3) is 0.333. The topological polar surface area (TPSA) is 113 Å². The van der Waals surface area contributed by atoms with Gasteiger partial charge in [0.2, 0.25) is 0 Å². The summed E-state index contributed by atoms with van der Waals surface area (Å²) in [4.78, 5) is 8.60. The largest absolute Gasteiger partial charge is 0.398 e. The Hall–Kier alpha value is -1.95. The van der Waals surface area contributed by atoms with Crippen LogP contribution in [0.15, 0.2) is 23.1 Å². The van der Waals surface area contributed by atoms with Crippen LogP contribution in [0.1, 0.15) is 0 Å². The van der Waals surface area contributed by atoms with Gasteiger partial charge in [-0.3, -0.25) is 14.3 Å². The third-order valence-electron chi connectivity index (χ3n) is 2.20. The monoisotopic (exact) mass is 332 g/mol. The molecule has 118 valence electrons. The van der Waals surface area contributed by atoms with E-state index in [1.807, 2.05) is 0 Å². The number of nitrogens with zero attached hydrogens (tertiary/aromatic N) is 1. The maximum Gasteiger partial charge on any atom is 0.331 e. The summed E-state index contributed by atoms with van der Waals surface area (Å²) in [7, 11) is -4.96. The molecule has 2 N–H and O–H groups in total. The number of hydrogen-bond donors (Lipinski definition) is 1. The Kier molecular flexibility index (Phi) is 4.73. The number of benzene rings is 1. The van der Waals surface area contributed by atoms with Crippen molar-refractivity contribution in [1.29, 1.82) is 0 Å². The van der Waals surface area contributed by atoms with E-state index in [2.05, 4.69) is 4.18 Å². The Labute approximate surface area is 115 Å². The second-order valence-corrected chi connectivity index (χ2v) is 5.34. The Morgan fingerprint density at radius 2 is 1.95 bits per heavy atom. The highest BCUT2D eigenvalue weighted by atomic mass is 32.2. The van der Waals surface area contributed by atoms with Crippen LogP contribution in [-0.2, 0) is 14.3 Å². The molecule has 1 aromatic rings. The van der Waals surface area contributed by atoms with Crippen LogP contribution < -0.4 is 5.73 Å². The van der Waals surface area contributed by atoms with E-state index in [9.17, 15) is 36.1 Å². The average molecular weight is 332 g/mol. The number of halogens is 4. The first-order valence-corrected chi connectivity index (χ1v) is 6.47. The molecule has 0 amide bonds. The molecule has 0 aromatic heterocycles. The van der Waals surface area contributed by atoms with Crippen molar-refractivity contribution in [2.75, 3.05) is 12.3 Å². The van der Waals surface area contributed by atoms with E-state index in [-0.39, 0.29) is 0 Å². The lowest BCUT2D eigenvalue weighted by atomic mass is 10.3. The summed E-state index contributed by atoms with van der Waals surface area (Å²) in [5.41, 5.74) is 4.06. The lowest BCUT2D eigenvalue weighted by Gasteiger charge is -2.15. The van der Waals surface area contributed by atoms with Crippen LogP contribution in [0.5, 0.6) is 0 Å². The van der Waals surface area contributed by atoms with Gasteiger partial charge in [-0.1, -0.05) is 0 Å². The van der Waals surface area contributed by atoms with Crippen molar-refractivity contribution >= 4 is 21.5 Å². The Bertz CT molecular complexity index is 650. The minimum atomic E-state index is -4.96. The number of nitro groups is 1. The average Bonchev–Trinajstić information content (AvgIpc) is 2.36. The lowest BCUT2D eigenvalue weighted by molar-refractivity contribution is -0.385. The maximum absolute atomic E-state index is 12.6. The Morgan fingerprint density at radius 3 is 2.43 bits per heavy atom. The summed E-state index contributed by atoms with van der Waals surface area (Å²) < 4.78 is 76.0. The summed E-state index contributed by atoms with van der Waals surface area (Å²) in [5.74, 6) is -4.69. The molecule has 0 radical (unpaired) electrons. The SMILES string of the molecule is Nc1ccc([N+](=O)[O-])cc1S(=O)(=O)OCC(F)(F)C(F)F. The number of hydrogen-bond acceptors (Lipinski definition) is 6. The van der Waals surface area contributed by atoms with Crippen molar-refractivity contribution < 1.29 is 35.1 Å².